The molecular formula is C49H60N8O6S. The van der Waals surface area contributed by atoms with Crippen molar-refractivity contribution in [1.29, 1.82) is 0 Å². The quantitative estimate of drug-likeness (QED) is 0.0758. The number of anilines is 2. The van der Waals surface area contributed by atoms with Gasteiger partial charge in [0.15, 0.2) is 0 Å². The number of H-pyrrole nitrogens is 1. The molecule has 3 aromatic heterocycles. The van der Waals surface area contributed by atoms with Crippen LogP contribution in [0.4, 0.5) is 17.2 Å². The van der Waals surface area contributed by atoms with E-state index in [1.54, 1.807) is 30.6 Å². The first-order chi connectivity index (χ1) is 30.8. The first-order valence-corrected chi connectivity index (χ1v) is 24.6. The Labute approximate surface area is 375 Å². The van der Waals surface area contributed by atoms with Gasteiger partial charge in [0.25, 0.3) is 15.9 Å². The Bertz CT molecular complexity index is 2640. The fourth-order valence-corrected chi connectivity index (χ4v) is 12.1. The molecule has 2 aliphatic heterocycles. The van der Waals surface area contributed by atoms with Gasteiger partial charge in [0, 0.05) is 61.1 Å². The molecule has 1 spiro atoms. The molecule has 338 valence electrons. The number of ether oxygens (including phenoxy) is 1. The van der Waals surface area contributed by atoms with Crippen molar-refractivity contribution in [2.45, 2.75) is 115 Å². The maximum atomic E-state index is 14.1. The number of nitro groups is 1. The fraction of sp³-hybridized carbons (Fsp3) is 0.490. The third kappa shape index (κ3) is 8.93. The van der Waals surface area contributed by atoms with Gasteiger partial charge in [0.2, 0.25) is 5.82 Å². The number of nitrogens with zero attached hydrogens (tertiary/aromatic N) is 5. The molecule has 2 aromatic carbocycles. The predicted octanol–water partition coefficient (Wildman–Crippen LogP) is 10.0. The van der Waals surface area contributed by atoms with E-state index in [0.717, 1.165) is 75.3 Å². The number of aromatic amines is 1. The summed E-state index contributed by atoms with van der Waals surface area (Å²) in [5, 5.41) is 16.1. The van der Waals surface area contributed by atoms with Crippen LogP contribution in [0.3, 0.4) is 0 Å². The van der Waals surface area contributed by atoms with Gasteiger partial charge in [0.05, 0.1) is 22.4 Å². The minimum absolute atomic E-state index is 0.00919. The number of carbonyl (C=O) groups excluding carboxylic acids is 1. The topological polar surface area (TPSA) is 176 Å². The van der Waals surface area contributed by atoms with Crippen LogP contribution >= 0.6 is 0 Å². The average Bonchev–Trinajstić information content (AvgIpc) is 3.95. The highest BCUT2D eigenvalue weighted by molar-refractivity contribution is 7.90. The number of carbonyl (C=O) groups is 1. The summed E-state index contributed by atoms with van der Waals surface area (Å²) in [4.78, 5) is 42.1. The van der Waals surface area contributed by atoms with Crippen LogP contribution in [-0.4, -0.2) is 71.3 Å². The highest BCUT2D eigenvalue weighted by Crippen LogP contribution is 2.54. The number of hydrogen-bond acceptors (Lipinski definition) is 11. The standard InChI is InChI=1S/C49H60N8O6S/c1-31(2)39-8-5-6-9-40(39)42-10-7-21-56(42)37-27-49(28-37)18-22-55(23-19-49)36-15-16-41(44(25-36)63-38-24-35-17-20-50-46(35)52-30-38)48(58)54-64(61,62)45-26-43(57(59)60)47(53-33(45)4)51-29-34-13-11-32(3)12-14-34/h5-6,8-9,15-17,20,24-26,30-32,34,37,42H,7,10-14,18-19,21-23,27-29H2,1-4H3,(H,50,52)(H,51,53)(H,54,58)/t32-,34+,42-/m0/s1. The Hall–Kier alpha value is -5.54. The van der Waals surface area contributed by atoms with E-state index in [4.69, 9.17) is 4.74 Å². The zero-order valence-corrected chi connectivity index (χ0v) is 38.1. The van der Waals surface area contributed by atoms with Crippen LogP contribution < -0.4 is 19.7 Å². The van der Waals surface area contributed by atoms with Crippen LogP contribution in [0.2, 0.25) is 0 Å². The molecular weight excluding hydrogens is 829 g/mol. The second-order valence-corrected chi connectivity index (χ2v) is 20.9. The van der Waals surface area contributed by atoms with Crippen LogP contribution in [0.1, 0.15) is 124 Å². The van der Waals surface area contributed by atoms with Crippen molar-refractivity contribution in [2.75, 3.05) is 36.4 Å². The summed E-state index contributed by atoms with van der Waals surface area (Å²) >= 11 is 0. The molecule has 2 saturated heterocycles. The molecule has 4 aliphatic rings. The molecule has 3 N–H and O–H groups in total. The molecule has 9 rings (SSSR count). The Kier molecular flexibility index (Phi) is 12.1. The highest BCUT2D eigenvalue weighted by Gasteiger charge is 2.50. The number of amides is 1. The lowest BCUT2D eigenvalue weighted by Gasteiger charge is -2.56. The number of benzene rings is 2. The van der Waals surface area contributed by atoms with Gasteiger partial charge >= 0.3 is 5.69 Å². The smallest absolute Gasteiger partial charge is 0.312 e. The Morgan fingerprint density at radius 3 is 2.53 bits per heavy atom. The number of likely N-dealkylation sites (tertiary alicyclic amines) is 1. The molecule has 1 amide bonds. The van der Waals surface area contributed by atoms with Gasteiger partial charge in [-0.25, -0.2) is 23.1 Å². The highest BCUT2D eigenvalue weighted by atomic mass is 32.2. The van der Waals surface area contributed by atoms with Crippen molar-refractivity contribution < 1.29 is 22.9 Å². The Balaban J connectivity index is 0.911. The molecule has 14 nitrogen and oxygen atoms in total. The largest absolute Gasteiger partial charge is 0.455 e. The lowest BCUT2D eigenvalue weighted by molar-refractivity contribution is -0.384. The number of aromatic nitrogens is 3. The van der Waals surface area contributed by atoms with Crippen LogP contribution in [0, 0.1) is 34.3 Å². The SMILES string of the molecule is Cc1nc(NC[C@H]2CC[C@@H](C)CC2)c([N+](=O)[O-])cc1S(=O)(=O)NC(=O)c1ccc(N2CCC3(CC2)CC(N2CCC[C@H]2c2ccccc2C(C)C)C3)cc1Oc1cnc2[nH]ccc2c1. The van der Waals surface area contributed by atoms with E-state index in [-0.39, 0.29) is 22.8 Å². The maximum Gasteiger partial charge on any atom is 0.312 e. The van der Waals surface area contributed by atoms with E-state index >= 15 is 0 Å². The van der Waals surface area contributed by atoms with Crippen LogP contribution in [0.15, 0.2) is 78.0 Å². The average molecular weight is 889 g/mol. The summed E-state index contributed by atoms with van der Waals surface area (Å²) in [7, 11) is -4.62. The van der Waals surface area contributed by atoms with E-state index < -0.39 is 31.4 Å². The number of pyridine rings is 2. The normalized spacial score (nSPS) is 21.6. The summed E-state index contributed by atoms with van der Waals surface area (Å²) in [6, 6.07) is 19.9. The predicted molar refractivity (Wildman–Crippen MR) is 249 cm³/mol. The van der Waals surface area contributed by atoms with Crippen molar-refractivity contribution in [3.63, 3.8) is 0 Å². The van der Waals surface area contributed by atoms with Gasteiger partial charge in [-0.1, -0.05) is 57.9 Å². The fourth-order valence-electron chi connectivity index (χ4n) is 10.9. The summed E-state index contributed by atoms with van der Waals surface area (Å²) in [5.74, 6) is 1.10. The molecule has 2 saturated carbocycles. The molecule has 4 fully saturated rings. The lowest BCUT2D eigenvalue weighted by atomic mass is 9.59. The van der Waals surface area contributed by atoms with E-state index in [9.17, 15) is 23.3 Å². The molecule has 0 radical (unpaired) electrons. The second kappa shape index (κ2) is 17.8. The number of aryl methyl sites for hydroxylation is 1. The van der Waals surface area contributed by atoms with Gasteiger partial charge in [-0.05, 0) is 123 Å². The third-order valence-corrected chi connectivity index (χ3v) is 16.1. The number of sulfonamides is 1. The number of hydrogen-bond donors (Lipinski definition) is 3. The zero-order chi connectivity index (χ0) is 44.8. The monoisotopic (exact) mass is 888 g/mol. The number of nitrogens with one attached hydrogen (secondary N) is 3. The summed E-state index contributed by atoms with van der Waals surface area (Å²) in [5.41, 5.74) is 4.35. The molecule has 0 unspecified atom stereocenters. The van der Waals surface area contributed by atoms with Crippen molar-refractivity contribution in [1.82, 2.24) is 24.6 Å². The van der Waals surface area contributed by atoms with Gasteiger partial charge in [-0.15, -0.1) is 0 Å². The third-order valence-electron chi connectivity index (χ3n) is 14.6. The van der Waals surface area contributed by atoms with E-state index in [2.05, 4.69) is 79.8 Å². The second-order valence-electron chi connectivity index (χ2n) is 19.2. The van der Waals surface area contributed by atoms with Crippen molar-refractivity contribution in [3.8, 4) is 11.5 Å². The molecule has 5 aromatic rings. The van der Waals surface area contributed by atoms with Crippen LogP contribution in [0.5, 0.6) is 11.5 Å². The molecule has 1 atom stereocenters. The Morgan fingerprint density at radius 2 is 1.78 bits per heavy atom. The van der Waals surface area contributed by atoms with Gasteiger partial charge in [0.1, 0.15) is 22.0 Å². The van der Waals surface area contributed by atoms with Gasteiger partial charge in [-0.2, -0.15) is 0 Å². The number of rotatable bonds is 13. The number of piperidine rings is 1. The number of fused-ring (bicyclic) bond motifs is 1. The minimum Gasteiger partial charge on any atom is -0.455 e. The van der Waals surface area contributed by atoms with Gasteiger partial charge < -0.3 is 19.9 Å². The molecule has 0 bridgehead atoms. The van der Waals surface area contributed by atoms with Crippen molar-refractivity contribution in [2.24, 2.45) is 17.3 Å². The summed E-state index contributed by atoms with van der Waals surface area (Å²) in [6.45, 7) is 11.6. The van der Waals surface area contributed by atoms with Crippen LogP contribution in [0.25, 0.3) is 11.0 Å². The molecule has 15 heteroatoms. The van der Waals surface area contributed by atoms with Gasteiger partial charge in [-0.3, -0.25) is 19.8 Å². The first-order valence-electron chi connectivity index (χ1n) is 23.1. The lowest BCUT2D eigenvalue weighted by Crippen LogP contribution is -2.54. The zero-order valence-electron chi connectivity index (χ0n) is 37.3. The molecule has 64 heavy (non-hydrogen) atoms. The van der Waals surface area contributed by atoms with E-state index in [1.807, 2.05) is 12.1 Å². The van der Waals surface area contributed by atoms with E-state index in [0.29, 0.717) is 53.2 Å². The van der Waals surface area contributed by atoms with Crippen molar-refractivity contribution in [3.05, 3.63) is 106 Å². The Morgan fingerprint density at radius 1 is 1.02 bits per heavy atom. The minimum atomic E-state index is -4.62. The molecule has 5 heterocycles. The summed E-state index contributed by atoms with van der Waals surface area (Å²) < 4.78 is 36.4. The summed E-state index contributed by atoms with van der Waals surface area (Å²) in [6.07, 6.45) is 14.5. The van der Waals surface area contributed by atoms with Crippen molar-refractivity contribution >= 4 is 44.2 Å². The first kappa shape index (κ1) is 43.7. The van der Waals surface area contributed by atoms with E-state index in [1.165, 1.54) is 43.7 Å². The molecule has 2 aliphatic carbocycles. The van der Waals surface area contributed by atoms with Crippen LogP contribution in [-0.2, 0) is 10.0 Å². The maximum absolute atomic E-state index is 14.1.